The molecule has 1 amide bonds. The Morgan fingerprint density at radius 2 is 0.683 bits per heavy atom. The number of ether oxygens (including phenoxy) is 1. The highest BCUT2D eigenvalue weighted by atomic mass is 16.5. The highest BCUT2D eigenvalue weighted by molar-refractivity contribution is 5.76. The van der Waals surface area contributed by atoms with Gasteiger partial charge in [-0.25, -0.2) is 0 Å². The molecule has 0 fully saturated rings. The van der Waals surface area contributed by atoms with Crippen molar-refractivity contribution in [2.75, 3.05) is 13.2 Å². The zero-order valence-electron chi connectivity index (χ0n) is 40.7. The molecule has 0 aliphatic heterocycles. The van der Waals surface area contributed by atoms with Gasteiger partial charge in [0.25, 0.3) is 0 Å². The number of nitrogens with one attached hydrogen (secondary N) is 1. The molecule has 358 valence electrons. The molecule has 0 aromatic rings. The third-order valence-electron chi connectivity index (χ3n) is 12.9. The van der Waals surface area contributed by atoms with E-state index < -0.39 is 12.1 Å². The van der Waals surface area contributed by atoms with Crippen LogP contribution in [-0.4, -0.2) is 47.4 Å². The minimum absolute atomic E-state index is 0.00147. The lowest BCUT2D eigenvalue weighted by Gasteiger charge is -2.22. The van der Waals surface area contributed by atoms with Crippen molar-refractivity contribution in [3.8, 4) is 0 Å². The molecule has 6 nitrogen and oxygen atoms in total. The molecule has 0 radical (unpaired) electrons. The van der Waals surface area contributed by atoms with Crippen molar-refractivity contribution in [2.45, 2.75) is 321 Å². The van der Waals surface area contributed by atoms with Gasteiger partial charge < -0.3 is 20.3 Å². The van der Waals surface area contributed by atoms with Gasteiger partial charge >= 0.3 is 5.97 Å². The van der Waals surface area contributed by atoms with E-state index in [2.05, 4.69) is 19.2 Å². The average Bonchev–Trinajstić information content (AvgIpc) is 3.25. The Kier molecular flexibility index (Phi) is 49.5. The van der Waals surface area contributed by atoms with Crippen molar-refractivity contribution in [1.82, 2.24) is 5.32 Å². The van der Waals surface area contributed by atoms with Crippen LogP contribution in [0.3, 0.4) is 0 Å². The molecule has 0 saturated heterocycles. The number of carbonyl (C=O) groups excluding carboxylic acids is 2. The van der Waals surface area contributed by atoms with Crippen molar-refractivity contribution in [3.05, 3.63) is 0 Å². The Labute approximate surface area is 375 Å². The van der Waals surface area contributed by atoms with E-state index in [1.165, 1.54) is 225 Å². The standard InChI is InChI=1S/C54H107NO5/c1-3-5-7-9-11-13-15-17-19-24-28-32-36-40-44-48-54(59)60-49-45-41-37-33-29-25-21-20-23-27-31-35-39-43-47-53(58)55-51(50-56)52(57)46-42-38-34-30-26-22-18-16-14-12-10-8-6-4-2/h51-52,56-57H,3-50H2,1-2H3,(H,55,58). The van der Waals surface area contributed by atoms with Gasteiger partial charge in [-0.3, -0.25) is 9.59 Å². The summed E-state index contributed by atoms with van der Waals surface area (Å²) >= 11 is 0. The van der Waals surface area contributed by atoms with Crippen LogP contribution in [0.25, 0.3) is 0 Å². The fourth-order valence-corrected chi connectivity index (χ4v) is 8.70. The smallest absolute Gasteiger partial charge is 0.305 e. The maximum atomic E-state index is 12.4. The molecular weight excluding hydrogens is 743 g/mol. The van der Waals surface area contributed by atoms with Crippen molar-refractivity contribution in [2.24, 2.45) is 0 Å². The van der Waals surface area contributed by atoms with Gasteiger partial charge in [0.2, 0.25) is 5.91 Å². The summed E-state index contributed by atoms with van der Waals surface area (Å²) in [5.41, 5.74) is 0. The Morgan fingerprint density at radius 3 is 1.02 bits per heavy atom. The van der Waals surface area contributed by atoms with Gasteiger partial charge in [-0.05, 0) is 25.7 Å². The predicted octanol–water partition coefficient (Wildman–Crippen LogP) is 16.4. The van der Waals surface area contributed by atoms with Crippen LogP contribution in [0.1, 0.15) is 309 Å². The number of rotatable bonds is 51. The van der Waals surface area contributed by atoms with Crippen molar-refractivity contribution >= 4 is 11.9 Å². The summed E-state index contributed by atoms with van der Waals surface area (Å²) in [5, 5.41) is 23.2. The third kappa shape index (κ3) is 46.4. The van der Waals surface area contributed by atoms with Crippen molar-refractivity contribution < 1.29 is 24.5 Å². The number of unbranched alkanes of at least 4 members (excludes halogenated alkanes) is 40. The molecule has 60 heavy (non-hydrogen) atoms. The molecule has 0 aromatic carbocycles. The van der Waals surface area contributed by atoms with E-state index in [9.17, 15) is 19.8 Å². The fourth-order valence-electron chi connectivity index (χ4n) is 8.70. The van der Waals surface area contributed by atoms with Crippen molar-refractivity contribution in [1.29, 1.82) is 0 Å². The van der Waals surface area contributed by atoms with Crippen LogP contribution < -0.4 is 5.32 Å². The second-order valence-corrected chi connectivity index (χ2v) is 18.9. The Balaban J connectivity index is 3.41. The SMILES string of the molecule is CCCCCCCCCCCCCCCCCC(=O)OCCCCCCCCCCCCCCCCC(=O)NC(CO)C(O)CCCCCCCCCCCCCCCC. The normalized spacial score (nSPS) is 12.5. The second kappa shape index (κ2) is 50.5. The van der Waals surface area contributed by atoms with E-state index in [0.717, 1.165) is 51.4 Å². The molecule has 0 spiro atoms. The molecular formula is C54H107NO5. The van der Waals surface area contributed by atoms with Gasteiger partial charge in [-0.1, -0.05) is 271 Å². The summed E-state index contributed by atoms with van der Waals surface area (Å²) in [7, 11) is 0. The first-order chi connectivity index (χ1) is 29.5. The largest absolute Gasteiger partial charge is 0.466 e. The van der Waals surface area contributed by atoms with Gasteiger partial charge in [-0.15, -0.1) is 0 Å². The number of aliphatic hydroxyl groups excluding tert-OH is 2. The first-order valence-corrected chi connectivity index (χ1v) is 27.3. The molecule has 0 aliphatic carbocycles. The molecule has 0 saturated carbocycles. The zero-order chi connectivity index (χ0) is 43.7. The lowest BCUT2D eigenvalue weighted by molar-refractivity contribution is -0.143. The topological polar surface area (TPSA) is 95.9 Å². The maximum absolute atomic E-state index is 12.4. The van der Waals surface area contributed by atoms with Gasteiger partial charge in [0.05, 0.1) is 25.4 Å². The first-order valence-electron chi connectivity index (χ1n) is 27.3. The van der Waals surface area contributed by atoms with E-state index in [4.69, 9.17) is 4.74 Å². The van der Waals surface area contributed by atoms with Gasteiger partial charge in [-0.2, -0.15) is 0 Å². The molecule has 2 atom stereocenters. The Morgan fingerprint density at radius 1 is 0.400 bits per heavy atom. The maximum Gasteiger partial charge on any atom is 0.305 e. The Bertz CT molecular complexity index is 852. The van der Waals surface area contributed by atoms with Crippen molar-refractivity contribution in [3.63, 3.8) is 0 Å². The lowest BCUT2D eigenvalue weighted by atomic mass is 10.0. The van der Waals surface area contributed by atoms with Gasteiger partial charge in [0.1, 0.15) is 0 Å². The van der Waals surface area contributed by atoms with E-state index in [0.29, 0.717) is 25.9 Å². The fraction of sp³-hybridized carbons (Fsp3) is 0.963. The number of aliphatic hydroxyl groups is 2. The summed E-state index contributed by atoms with van der Waals surface area (Å²) in [4.78, 5) is 24.5. The van der Waals surface area contributed by atoms with Crippen LogP contribution in [-0.2, 0) is 14.3 Å². The molecule has 2 unspecified atom stereocenters. The van der Waals surface area contributed by atoms with E-state index >= 15 is 0 Å². The monoisotopic (exact) mass is 850 g/mol. The molecule has 0 rings (SSSR count). The first kappa shape index (κ1) is 58.9. The summed E-state index contributed by atoms with van der Waals surface area (Å²) in [5.74, 6) is -0.0418. The molecule has 6 heteroatoms. The Hall–Kier alpha value is -1.14. The average molecular weight is 850 g/mol. The number of amides is 1. The highest BCUT2D eigenvalue weighted by Gasteiger charge is 2.20. The molecule has 3 N–H and O–H groups in total. The number of carbonyl (C=O) groups is 2. The summed E-state index contributed by atoms with van der Waals surface area (Å²) in [6.07, 6.45) is 56.5. The summed E-state index contributed by atoms with van der Waals surface area (Å²) < 4.78 is 5.47. The molecule has 0 aromatic heterocycles. The van der Waals surface area contributed by atoms with Crippen LogP contribution in [0.5, 0.6) is 0 Å². The van der Waals surface area contributed by atoms with E-state index in [1.807, 2.05) is 0 Å². The van der Waals surface area contributed by atoms with Gasteiger partial charge in [0.15, 0.2) is 0 Å². The molecule has 0 heterocycles. The highest BCUT2D eigenvalue weighted by Crippen LogP contribution is 2.17. The lowest BCUT2D eigenvalue weighted by Crippen LogP contribution is -2.45. The van der Waals surface area contributed by atoms with Crippen LogP contribution in [0.4, 0.5) is 0 Å². The summed E-state index contributed by atoms with van der Waals surface area (Å²) in [6.45, 7) is 4.95. The number of esters is 1. The van der Waals surface area contributed by atoms with E-state index in [-0.39, 0.29) is 18.5 Å². The zero-order valence-corrected chi connectivity index (χ0v) is 40.7. The molecule has 0 bridgehead atoms. The minimum Gasteiger partial charge on any atom is -0.466 e. The van der Waals surface area contributed by atoms with Crippen LogP contribution >= 0.6 is 0 Å². The number of hydrogen-bond donors (Lipinski definition) is 3. The van der Waals surface area contributed by atoms with Crippen LogP contribution in [0.2, 0.25) is 0 Å². The van der Waals surface area contributed by atoms with Crippen LogP contribution in [0, 0.1) is 0 Å². The number of hydrogen-bond acceptors (Lipinski definition) is 5. The third-order valence-corrected chi connectivity index (χ3v) is 12.9. The van der Waals surface area contributed by atoms with Gasteiger partial charge in [0, 0.05) is 12.8 Å². The predicted molar refractivity (Wildman–Crippen MR) is 260 cm³/mol. The van der Waals surface area contributed by atoms with Crippen LogP contribution in [0.15, 0.2) is 0 Å². The van der Waals surface area contributed by atoms with E-state index in [1.54, 1.807) is 0 Å². The quantitative estimate of drug-likeness (QED) is 0.0418. The minimum atomic E-state index is -0.669. The second-order valence-electron chi connectivity index (χ2n) is 18.9. The summed E-state index contributed by atoms with van der Waals surface area (Å²) in [6, 6.07) is -0.547. The molecule has 0 aliphatic rings.